The molecular formula is C10H17N2O5-. The van der Waals surface area contributed by atoms with Crippen molar-refractivity contribution in [3.8, 4) is 0 Å². The summed E-state index contributed by atoms with van der Waals surface area (Å²) in [5, 5.41) is 23.2. The van der Waals surface area contributed by atoms with Gasteiger partial charge in [-0.05, 0) is 12.3 Å². The van der Waals surface area contributed by atoms with Crippen LogP contribution in [0.2, 0.25) is 0 Å². The monoisotopic (exact) mass is 245 g/mol. The zero-order chi connectivity index (χ0) is 13.6. The number of carbonyl (C=O) groups is 3. The number of rotatable bonds is 7. The zero-order valence-corrected chi connectivity index (χ0v) is 9.89. The molecule has 0 bridgehead atoms. The largest absolute Gasteiger partial charge is 0.550 e. The molecule has 0 aliphatic carbocycles. The van der Waals surface area contributed by atoms with Crippen molar-refractivity contribution in [2.24, 2.45) is 5.92 Å². The Bertz CT molecular complexity index is 303. The molecule has 0 aliphatic rings. The van der Waals surface area contributed by atoms with E-state index in [1.165, 1.54) is 0 Å². The van der Waals surface area contributed by atoms with E-state index in [1.54, 1.807) is 13.8 Å². The molecule has 7 heteroatoms. The van der Waals surface area contributed by atoms with Crippen molar-refractivity contribution in [2.75, 3.05) is 0 Å². The first-order valence-corrected chi connectivity index (χ1v) is 5.28. The molecule has 0 saturated heterocycles. The lowest BCUT2D eigenvalue weighted by Crippen LogP contribution is -2.70. The maximum atomic E-state index is 11.4. The minimum atomic E-state index is -1.41. The molecule has 7 nitrogen and oxygen atoms in total. The molecule has 17 heavy (non-hydrogen) atoms. The smallest absolute Gasteiger partial charge is 0.279 e. The van der Waals surface area contributed by atoms with Gasteiger partial charge in [0.05, 0.1) is 12.0 Å². The summed E-state index contributed by atoms with van der Waals surface area (Å²) in [4.78, 5) is 32.4. The van der Waals surface area contributed by atoms with Crippen LogP contribution < -0.4 is 21.3 Å². The number of quaternary nitrogens is 1. The predicted octanol–water partition coefficient (Wildman–Crippen LogP) is -3.98. The SMILES string of the molecule is CC(C)C[C@@H](NC(=O)[C@@H]([NH3+])CC(=O)[O-])C(=O)[O-]. The van der Waals surface area contributed by atoms with Gasteiger partial charge in [-0.25, -0.2) is 0 Å². The van der Waals surface area contributed by atoms with Gasteiger partial charge in [-0.1, -0.05) is 13.8 Å². The maximum Gasteiger partial charge on any atom is 0.279 e. The number of hydrogen-bond donors (Lipinski definition) is 2. The number of carboxylic acid groups (broad SMARTS) is 2. The van der Waals surface area contributed by atoms with Gasteiger partial charge < -0.3 is 30.9 Å². The Morgan fingerprint density at radius 2 is 1.76 bits per heavy atom. The van der Waals surface area contributed by atoms with E-state index in [4.69, 9.17) is 0 Å². The third-order valence-corrected chi connectivity index (χ3v) is 2.09. The van der Waals surface area contributed by atoms with Gasteiger partial charge in [0.15, 0.2) is 6.04 Å². The van der Waals surface area contributed by atoms with E-state index in [0.29, 0.717) is 0 Å². The molecule has 98 valence electrons. The number of amides is 1. The highest BCUT2D eigenvalue weighted by Crippen LogP contribution is 2.04. The van der Waals surface area contributed by atoms with E-state index in [9.17, 15) is 24.6 Å². The third kappa shape index (κ3) is 6.52. The van der Waals surface area contributed by atoms with E-state index in [0.717, 1.165) is 0 Å². The van der Waals surface area contributed by atoms with Gasteiger partial charge in [0.2, 0.25) is 0 Å². The average Bonchev–Trinajstić information content (AvgIpc) is 2.14. The Morgan fingerprint density at radius 3 is 2.12 bits per heavy atom. The van der Waals surface area contributed by atoms with Gasteiger partial charge in [-0.2, -0.15) is 0 Å². The van der Waals surface area contributed by atoms with Gasteiger partial charge in [0.25, 0.3) is 5.91 Å². The summed E-state index contributed by atoms with van der Waals surface area (Å²) in [6, 6.07) is -2.21. The zero-order valence-electron chi connectivity index (χ0n) is 9.89. The fourth-order valence-electron chi connectivity index (χ4n) is 1.27. The maximum absolute atomic E-state index is 11.4. The molecule has 0 rings (SSSR count). The Balaban J connectivity index is 4.39. The molecule has 4 N–H and O–H groups in total. The summed E-state index contributed by atoms with van der Waals surface area (Å²) >= 11 is 0. The highest BCUT2D eigenvalue weighted by molar-refractivity contribution is 5.87. The fraction of sp³-hybridized carbons (Fsp3) is 0.700. The van der Waals surface area contributed by atoms with Crippen molar-refractivity contribution in [1.82, 2.24) is 5.32 Å². The van der Waals surface area contributed by atoms with Crippen LogP contribution in [0.3, 0.4) is 0 Å². The molecule has 1 amide bonds. The number of carboxylic acids is 2. The molecule has 0 aromatic rings. The molecule has 0 aliphatic heterocycles. The second kappa shape index (κ2) is 6.85. The molecule has 2 atom stereocenters. The first-order valence-electron chi connectivity index (χ1n) is 5.28. The molecule has 0 spiro atoms. The van der Waals surface area contributed by atoms with Crippen LogP contribution in [0.1, 0.15) is 26.7 Å². The first-order chi connectivity index (χ1) is 7.73. The molecule has 0 radical (unpaired) electrons. The molecule has 0 aromatic carbocycles. The van der Waals surface area contributed by atoms with Gasteiger partial charge in [-0.3, -0.25) is 4.79 Å². The second-order valence-electron chi connectivity index (χ2n) is 4.28. The summed E-state index contributed by atoms with van der Waals surface area (Å²) < 4.78 is 0. The summed E-state index contributed by atoms with van der Waals surface area (Å²) in [5.41, 5.74) is 3.32. The van der Waals surface area contributed by atoms with E-state index >= 15 is 0 Å². The summed E-state index contributed by atoms with van der Waals surface area (Å²) in [5.74, 6) is -3.48. The number of carbonyl (C=O) groups excluding carboxylic acids is 3. The lowest BCUT2D eigenvalue weighted by Gasteiger charge is -2.22. The molecule has 0 saturated carbocycles. The van der Waals surface area contributed by atoms with E-state index in [1.807, 2.05) is 0 Å². The van der Waals surface area contributed by atoms with Crippen LogP contribution in [0, 0.1) is 5.92 Å². The van der Waals surface area contributed by atoms with Crippen LogP contribution >= 0.6 is 0 Å². The molecule has 0 heterocycles. The van der Waals surface area contributed by atoms with Gasteiger partial charge >= 0.3 is 0 Å². The van der Waals surface area contributed by atoms with E-state index in [2.05, 4.69) is 11.1 Å². The number of aliphatic carboxylic acids is 2. The van der Waals surface area contributed by atoms with Gasteiger partial charge in [-0.15, -0.1) is 0 Å². The Kier molecular flexibility index (Phi) is 6.19. The summed E-state index contributed by atoms with van der Waals surface area (Å²) in [7, 11) is 0. The highest BCUT2D eigenvalue weighted by atomic mass is 16.4. The standard InChI is InChI=1S/C10H18N2O5/c1-5(2)3-7(10(16)17)12-9(15)6(11)4-8(13)14/h5-7H,3-4,11H2,1-2H3,(H,12,15)(H,13,14)(H,16,17)/p-1/t6-,7+/m0/s1. The first kappa shape index (κ1) is 15.4. The summed E-state index contributed by atoms with van der Waals surface area (Å²) in [6.45, 7) is 3.59. The minimum Gasteiger partial charge on any atom is -0.550 e. The van der Waals surface area contributed by atoms with Crippen LogP contribution in [-0.4, -0.2) is 29.9 Å². The van der Waals surface area contributed by atoms with Crippen LogP contribution in [0.4, 0.5) is 0 Å². The Labute approximate surface area is 99.0 Å². The topological polar surface area (TPSA) is 137 Å². The highest BCUT2D eigenvalue weighted by Gasteiger charge is 2.22. The van der Waals surface area contributed by atoms with Gasteiger partial charge in [0.1, 0.15) is 0 Å². The molecule has 0 fully saturated rings. The van der Waals surface area contributed by atoms with Gasteiger partial charge in [0, 0.05) is 12.4 Å². The lowest BCUT2D eigenvalue weighted by molar-refractivity contribution is -0.408. The lowest BCUT2D eigenvalue weighted by atomic mass is 10.0. The number of nitrogens with one attached hydrogen (secondary N) is 1. The molecule has 0 aromatic heterocycles. The van der Waals surface area contributed by atoms with Crippen molar-refractivity contribution < 1.29 is 30.3 Å². The fourth-order valence-corrected chi connectivity index (χ4v) is 1.27. The quantitative estimate of drug-likeness (QED) is 0.471. The summed E-state index contributed by atoms with van der Waals surface area (Å²) in [6.07, 6.45) is -0.334. The number of hydrogen-bond acceptors (Lipinski definition) is 5. The van der Waals surface area contributed by atoms with Crippen molar-refractivity contribution in [3.05, 3.63) is 0 Å². The third-order valence-electron chi connectivity index (χ3n) is 2.09. The van der Waals surface area contributed by atoms with Crippen LogP contribution in [0.5, 0.6) is 0 Å². The molecule has 0 unspecified atom stereocenters. The van der Waals surface area contributed by atoms with E-state index < -0.39 is 36.4 Å². The normalized spacial score (nSPS) is 14.1. The predicted molar refractivity (Wildman–Crippen MR) is 52.7 cm³/mol. The minimum absolute atomic E-state index is 0.0580. The van der Waals surface area contributed by atoms with Crippen LogP contribution in [0.15, 0.2) is 0 Å². The van der Waals surface area contributed by atoms with Crippen molar-refractivity contribution in [3.63, 3.8) is 0 Å². The van der Waals surface area contributed by atoms with E-state index in [-0.39, 0.29) is 12.3 Å². The average molecular weight is 245 g/mol. The van der Waals surface area contributed by atoms with Crippen LogP contribution in [0.25, 0.3) is 0 Å². The molecular weight excluding hydrogens is 228 g/mol. The van der Waals surface area contributed by atoms with Crippen molar-refractivity contribution in [1.29, 1.82) is 0 Å². The van der Waals surface area contributed by atoms with Crippen molar-refractivity contribution in [2.45, 2.75) is 38.8 Å². The Hall–Kier alpha value is -1.63. The van der Waals surface area contributed by atoms with Crippen molar-refractivity contribution >= 4 is 17.8 Å². The van der Waals surface area contributed by atoms with Crippen LogP contribution in [-0.2, 0) is 14.4 Å². The second-order valence-corrected chi connectivity index (χ2v) is 4.28. The Morgan fingerprint density at radius 1 is 1.24 bits per heavy atom.